The van der Waals surface area contributed by atoms with Gasteiger partial charge in [0.05, 0.1) is 6.42 Å². The average Bonchev–Trinajstić information content (AvgIpc) is 2.55. The molecular formula is C16H14N2O5S. The van der Waals surface area contributed by atoms with Crippen molar-refractivity contribution < 1.29 is 24.0 Å². The van der Waals surface area contributed by atoms with E-state index in [0.717, 1.165) is 16.5 Å². The first-order valence-electron chi connectivity index (χ1n) is 7.01. The van der Waals surface area contributed by atoms with Crippen molar-refractivity contribution >= 4 is 33.5 Å². The fourth-order valence-corrected chi connectivity index (χ4v) is 3.76. The molecule has 0 aromatic heterocycles. The molecule has 2 aliphatic rings. The van der Waals surface area contributed by atoms with Crippen LogP contribution in [0.2, 0.25) is 0 Å². The van der Waals surface area contributed by atoms with Crippen molar-refractivity contribution in [3.8, 4) is 0 Å². The van der Waals surface area contributed by atoms with E-state index in [-0.39, 0.29) is 27.9 Å². The zero-order chi connectivity index (χ0) is 17.4. The molecule has 0 spiro atoms. The third-order valence-electron chi connectivity index (χ3n) is 3.65. The van der Waals surface area contributed by atoms with Crippen molar-refractivity contribution in [1.29, 1.82) is 0 Å². The number of carboxylic acid groups (broad SMARTS) is 1. The summed E-state index contributed by atoms with van der Waals surface area (Å²) >= 11 is 0. The monoisotopic (exact) mass is 346 g/mol. The molecule has 2 heterocycles. The van der Waals surface area contributed by atoms with Crippen LogP contribution in [-0.2, 0) is 20.8 Å². The molecule has 0 radical (unpaired) electrons. The van der Waals surface area contributed by atoms with Crippen LogP contribution in [-0.4, -0.2) is 43.4 Å². The highest BCUT2D eigenvalue weighted by molar-refractivity contribution is 8.14. The normalized spacial score (nSPS) is 22.5. The molecule has 2 atom stereocenters. The molecule has 1 fully saturated rings. The average molecular weight is 346 g/mol. The molecule has 1 aromatic rings. The molecule has 7 nitrogen and oxygen atoms in total. The highest BCUT2D eigenvalue weighted by Gasteiger charge is 2.50. The lowest BCUT2D eigenvalue weighted by molar-refractivity contribution is -0.140. The first kappa shape index (κ1) is 16.2. The summed E-state index contributed by atoms with van der Waals surface area (Å²) in [4.78, 5) is 36.8. The molecular weight excluding hydrogens is 332 g/mol. The van der Waals surface area contributed by atoms with Crippen LogP contribution in [0.4, 0.5) is 0 Å². The van der Waals surface area contributed by atoms with E-state index in [4.69, 9.17) is 5.11 Å². The van der Waals surface area contributed by atoms with Gasteiger partial charge in [0.25, 0.3) is 5.91 Å². The molecule has 1 aromatic carbocycles. The zero-order valence-corrected chi connectivity index (χ0v) is 13.2. The Labute approximate surface area is 140 Å². The van der Waals surface area contributed by atoms with Gasteiger partial charge >= 0.3 is 5.97 Å². The van der Waals surface area contributed by atoms with Gasteiger partial charge in [-0.1, -0.05) is 36.9 Å². The molecule has 2 aliphatic heterocycles. The van der Waals surface area contributed by atoms with E-state index in [2.05, 4.69) is 11.9 Å². The summed E-state index contributed by atoms with van der Waals surface area (Å²) in [6, 6.07) is 7.96. The van der Waals surface area contributed by atoms with E-state index < -0.39 is 28.7 Å². The predicted molar refractivity (Wildman–Crippen MR) is 89.0 cm³/mol. The summed E-state index contributed by atoms with van der Waals surface area (Å²) < 4.78 is 10.2. The first-order chi connectivity index (χ1) is 11.4. The Hall–Kier alpha value is -2.71. The predicted octanol–water partition coefficient (Wildman–Crippen LogP) is 0.924. The van der Waals surface area contributed by atoms with Crippen molar-refractivity contribution in [2.45, 2.75) is 12.5 Å². The Morgan fingerprint density at radius 3 is 2.58 bits per heavy atom. The maximum absolute atomic E-state index is 12.2. The summed E-state index contributed by atoms with van der Waals surface area (Å²) in [7, 11) is -1.50. The summed E-state index contributed by atoms with van der Waals surface area (Å²) in [5.41, 5.74) is 0.511. The largest absolute Gasteiger partial charge is 0.477 e. The van der Waals surface area contributed by atoms with Crippen LogP contribution in [0, 0.1) is 0 Å². The number of fused-ring (bicyclic) bond motifs is 1. The summed E-state index contributed by atoms with van der Waals surface area (Å²) in [5.74, 6) is -2.27. The molecule has 3 N–H and O–H groups in total. The summed E-state index contributed by atoms with van der Waals surface area (Å²) in [6.07, 6.45) is 1.24. The van der Waals surface area contributed by atoms with Gasteiger partial charge in [-0.15, -0.1) is 0 Å². The maximum atomic E-state index is 12.2. The van der Waals surface area contributed by atoms with E-state index >= 15 is 0 Å². The van der Waals surface area contributed by atoms with Crippen molar-refractivity contribution in [2.75, 3.05) is 0 Å². The number of hydrogen-bond acceptors (Lipinski definition) is 4. The minimum Gasteiger partial charge on any atom is -0.477 e. The standard InChI is InChI=1S/C16H14N2O5S/c1-9-7-11(16(21)22)18-14(20)13(15(18)24(9)23)17-12(19)8-10-5-3-2-4-6-10/h2-7,13,23H,1,8H2,(H,17,19)(H,21,22). The first-order valence-corrected chi connectivity index (χ1v) is 8.19. The van der Waals surface area contributed by atoms with Gasteiger partial charge in [-0.25, -0.2) is 4.79 Å². The number of amides is 2. The van der Waals surface area contributed by atoms with Crippen molar-refractivity contribution in [3.63, 3.8) is 0 Å². The highest BCUT2D eigenvalue weighted by atomic mass is 32.2. The second kappa shape index (κ2) is 6.06. The lowest BCUT2D eigenvalue weighted by Gasteiger charge is -2.43. The van der Waals surface area contributed by atoms with Crippen LogP contribution in [0.25, 0.3) is 0 Å². The Bertz CT molecular complexity index is 828. The molecule has 0 bridgehead atoms. The van der Waals surface area contributed by atoms with Crippen molar-refractivity contribution in [3.05, 3.63) is 59.2 Å². The van der Waals surface area contributed by atoms with E-state index in [1.807, 2.05) is 6.07 Å². The number of nitrogens with zero attached hydrogens (tertiary/aromatic N) is 1. The minimum atomic E-state index is -1.50. The lowest BCUT2D eigenvalue weighted by Crippen LogP contribution is -2.68. The lowest BCUT2D eigenvalue weighted by atomic mass is 10.0. The minimum absolute atomic E-state index is 0.0830. The number of carbonyl (C=O) groups excluding carboxylic acids is 2. The van der Waals surface area contributed by atoms with Gasteiger partial charge < -0.3 is 15.0 Å². The highest BCUT2D eigenvalue weighted by Crippen LogP contribution is 2.38. The third-order valence-corrected chi connectivity index (χ3v) is 5.08. The van der Waals surface area contributed by atoms with Gasteiger partial charge in [0.1, 0.15) is 10.7 Å². The second-order valence-corrected chi connectivity index (χ2v) is 6.77. The summed E-state index contributed by atoms with van der Waals surface area (Å²) in [5, 5.41) is 11.7. The topological polar surface area (TPSA) is 107 Å². The number of benzene rings is 1. The second-order valence-electron chi connectivity index (χ2n) is 5.26. The Kier molecular flexibility index (Phi) is 4.08. The molecule has 2 amide bonds. The van der Waals surface area contributed by atoms with E-state index in [9.17, 15) is 18.9 Å². The maximum Gasteiger partial charge on any atom is 0.353 e. The van der Waals surface area contributed by atoms with Crippen molar-refractivity contribution in [1.82, 2.24) is 10.2 Å². The molecule has 124 valence electrons. The number of hydrogen-bond donors (Lipinski definition) is 3. The van der Waals surface area contributed by atoms with Crippen LogP contribution >= 0.6 is 10.8 Å². The number of nitrogens with one attached hydrogen (secondary N) is 1. The SMILES string of the molecule is C=C1C=C(C(=O)O)N2C(=O)C(NC(=O)Cc3ccccc3)C2=S1O. The van der Waals surface area contributed by atoms with Gasteiger partial charge in [0.2, 0.25) is 5.91 Å². The quantitative estimate of drug-likeness (QED) is 0.555. The van der Waals surface area contributed by atoms with Crippen LogP contribution < -0.4 is 5.32 Å². The van der Waals surface area contributed by atoms with Crippen LogP contribution in [0.5, 0.6) is 0 Å². The number of rotatable bonds is 4. The molecule has 3 rings (SSSR count). The van der Waals surface area contributed by atoms with Crippen LogP contribution in [0.3, 0.4) is 0 Å². The molecule has 0 saturated carbocycles. The van der Waals surface area contributed by atoms with Gasteiger partial charge in [0.15, 0.2) is 6.04 Å². The number of carboxylic acids is 1. The van der Waals surface area contributed by atoms with Crippen LogP contribution in [0.15, 0.2) is 53.6 Å². The smallest absolute Gasteiger partial charge is 0.353 e. The molecule has 2 unspecified atom stereocenters. The Morgan fingerprint density at radius 2 is 1.96 bits per heavy atom. The number of aliphatic carboxylic acids is 1. The van der Waals surface area contributed by atoms with Crippen LogP contribution in [0.1, 0.15) is 5.56 Å². The van der Waals surface area contributed by atoms with Gasteiger partial charge in [-0.2, -0.15) is 0 Å². The molecule has 1 saturated heterocycles. The molecule has 24 heavy (non-hydrogen) atoms. The third kappa shape index (κ3) is 2.66. The zero-order valence-electron chi connectivity index (χ0n) is 12.4. The van der Waals surface area contributed by atoms with E-state index in [0.29, 0.717) is 0 Å². The molecule has 8 heteroatoms. The number of β-lactam (4-membered cyclic amide) rings is 1. The number of allylic oxidation sites excluding steroid dienone is 1. The fraction of sp³-hybridized carbons (Fsp3) is 0.125. The molecule has 0 aliphatic carbocycles. The van der Waals surface area contributed by atoms with Crippen molar-refractivity contribution in [2.24, 2.45) is 0 Å². The summed E-state index contributed by atoms with van der Waals surface area (Å²) in [6.45, 7) is 3.60. The number of carbonyl (C=O) groups is 3. The fourth-order valence-electron chi connectivity index (χ4n) is 2.52. The Morgan fingerprint density at radius 1 is 1.29 bits per heavy atom. The van der Waals surface area contributed by atoms with Gasteiger partial charge in [-0.05, 0) is 22.4 Å². The van der Waals surface area contributed by atoms with Gasteiger partial charge in [0, 0.05) is 4.91 Å². The van der Waals surface area contributed by atoms with E-state index in [1.54, 1.807) is 24.3 Å². The Balaban J connectivity index is 1.78. The van der Waals surface area contributed by atoms with Gasteiger partial charge in [-0.3, -0.25) is 14.5 Å². The van der Waals surface area contributed by atoms with E-state index in [1.165, 1.54) is 0 Å².